The molecule has 9 nitrogen and oxygen atoms in total. The number of benzene rings is 1. The minimum Gasteiger partial charge on any atom is -0.465 e. The Bertz CT molecular complexity index is 791. The lowest BCUT2D eigenvalue weighted by molar-refractivity contribution is 0.188. The molecule has 1 amide bonds. The largest absolute Gasteiger partial charge is 0.465 e. The highest BCUT2D eigenvalue weighted by molar-refractivity contribution is 7.87. The number of aromatic amines is 1. The van der Waals surface area contributed by atoms with E-state index in [1.807, 2.05) is 30.3 Å². The summed E-state index contributed by atoms with van der Waals surface area (Å²) < 4.78 is 23.8. The molecule has 136 valence electrons. The molecule has 2 aromatic rings. The molecule has 1 heterocycles. The zero-order chi connectivity index (χ0) is 18.3. The molecule has 0 radical (unpaired) electrons. The molecule has 0 saturated carbocycles. The number of carbonyl (C=O) groups is 1. The Morgan fingerprint density at radius 2 is 2.00 bits per heavy atom. The van der Waals surface area contributed by atoms with Gasteiger partial charge in [0, 0.05) is 18.3 Å². The first-order valence-corrected chi connectivity index (χ1v) is 9.27. The van der Waals surface area contributed by atoms with Crippen LogP contribution in [0.1, 0.15) is 31.0 Å². The fraction of sp³-hybridized carbons (Fsp3) is 0.333. The third-order valence-corrected chi connectivity index (χ3v) is 4.13. The third kappa shape index (κ3) is 6.53. The molecule has 0 saturated heterocycles. The van der Waals surface area contributed by atoms with Crippen LogP contribution >= 0.6 is 0 Å². The van der Waals surface area contributed by atoms with Crippen LogP contribution in [-0.2, 0) is 10.2 Å². The van der Waals surface area contributed by atoms with Gasteiger partial charge in [0.05, 0.1) is 11.7 Å². The number of nitrogens with two attached hydrogens (primary N) is 1. The molecule has 0 bridgehead atoms. The Balaban J connectivity index is 1.98. The van der Waals surface area contributed by atoms with E-state index in [2.05, 4.69) is 20.0 Å². The molecule has 0 fully saturated rings. The van der Waals surface area contributed by atoms with Crippen LogP contribution < -0.4 is 15.2 Å². The van der Waals surface area contributed by atoms with E-state index in [1.165, 1.54) is 0 Å². The molecular formula is C15H21N5O4S. The first kappa shape index (κ1) is 18.9. The molecule has 0 aliphatic carbocycles. The number of amides is 1. The van der Waals surface area contributed by atoms with Gasteiger partial charge in [-0.3, -0.25) is 0 Å². The van der Waals surface area contributed by atoms with Crippen LogP contribution in [0.25, 0.3) is 11.4 Å². The van der Waals surface area contributed by atoms with Gasteiger partial charge >= 0.3 is 6.09 Å². The van der Waals surface area contributed by atoms with E-state index in [0.717, 1.165) is 5.56 Å². The summed E-state index contributed by atoms with van der Waals surface area (Å²) in [6, 6.07) is 9.01. The second-order valence-corrected chi connectivity index (χ2v) is 6.86. The molecule has 0 aliphatic rings. The normalized spacial score (nSPS) is 12.7. The highest BCUT2D eigenvalue weighted by Crippen LogP contribution is 2.21. The predicted molar refractivity (Wildman–Crippen MR) is 92.9 cm³/mol. The number of hydrogen-bond acceptors (Lipinski definition) is 4. The van der Waals surface area contributed by atoms with Crippen molar-refractivity contribution in [2.75, 3.05) is 6.54 Å². The van der Waals surface area contributed by atoms with Crippen molar-refractivity contribution in [3.05, 3.63) is 42.2 Å². The number of aromatic nitrogens is 2. The minimum absolute atomic E-state index is 0.203. The summed E-state index contributed by atoms with van der Waals surface area (Å²) in [7, 11) is -3.70. The van der Waals surface area contributed by atoms with Gasteiger partial charge in [-0.05, 0) is 19.3 Å². The van der Waals surface area contributed by atoms with Crippen LogP contribution in [0, 0.1) is 0 Å². The lowest BCUT2D eigenvalue weighted by atomic mass is 10.1. The molecule has 6 N–H and O–H groups in total. The summed E-state index contributed by atoms with van der Waals surface area (Å²) in [4.78, 5) is 18.5. The predicted octanol–water partition coefficient (Wildman–Crippen LogP) is 1.35. The van der Waals surface area contributed by atoms with Crippen molar-refractivity contribution in [1.82, 2.24) is 20.0 Å². The number of rotatable bonds is 9. The Morgan fingerprint density at radius 1 is 1.28 bits per heavy atom. The first-order valence-electron chi connectivity index (χ1n) is 7.73. The third-order valence-electron chi connectivity index (χ3n) is 3.52. The van der Waals surface area contributed by atoms with Crippen LogP contribution in [-0.4, -0.2) is 36.1 Å². The highest BCUT2D eigenvalue weighted by atomic mass is 32.2. The standard InChI is InChI=1S/C15H21N5O4S/c16-25(23,24)18-9-5-4-8-12(20-15(21)22)13-10-17-14(19-13)11-6-2-1-3-7-11/h1-3,6-7,10,12,18,20H,4-5,8-9H2,(H,17,19)(H,21,22)(H2,16,23,24). The summed E-state index contributed by atoms with van der Waals surface area (Å²) in [5.41, 5.74) is 1.49. The van der Waals surface area contributed by atoms with Gasteiger partial charge in [0.1, 0.15) is 5.82 Å². The fourth-order valence-electron chi connectivity index (χ4n) is 2.39. The molecule has 1 aromatic carbocycles. The van der Waals surface area contributed by atoms with Crippen molar-refractivity contribution in [3.8, 4) is 11.4 Å². The van der Waals surface area contributed by atoms with Crippen LogP contribution in [0.5, 0.6) is 0 Å². The average Bonchev–Trinajstić information content (AvgIpc) is 3.03. The van der Waals surface area contributed by atoms with Gasteiger partial charge in [-0.25, -0.2) is 19.6 Å². The van der Waals surface area contributed by atoms with Gasteiger partial charge in [-0.2, -0.15) is 8.42 Å². The summed E-state index contributed by atoms with van der Waals surface area (Å²) in [5.74, 6) is 0.656. The number of hydrogen-bond donors (Lipinski definition) is 5. The van der Waals surface area contributed by atoms with Gasteiger partial charge < -0.3 is 15.4 Å². The van der Waals surface area contributed by atoms with Crippen molar-refractivity contribution in [2.45, 2.75) is 25.3 Å². The van der Waals surface area contributed by atoms with Gasteiger partial charge in [-0.1, -0.05) is 30.3 Å². The number of unbranched alkanes of at least 4 members (excludes halogenated alkanes) is 1. The lowest BCUT2D eigenvalue weighted by Gasteiger charge is -2.14. The van der Waals surface area contributed by atoms with E-state index >= 15 is 0 Å². The molecule has 25 heavy (non-hydrogen) atoms. The summed E-state index contributed by atoms with van der Waals surface area (Å²) in [6.07, 6.45) is 2.14. The van der Waals surface area contributed by atoms with E-state index in [-0.39, 0.29) is 6.54 Å². The fourth-order valence-corrected chi connectivity index (χ4v) is 2.82. The van der Waals surface area contributed by atoms with Gasteiger partial charge in [0.25, 0.3) is 10.2 Å². The smallest absolute Gasteiger partial charge is 0.405 e. The van der Waals surface area contributed by atoms with Crippen LogP contribution in [0.4, 0.5) is 4.79 Å². The second-order valence-electron chi connectivity index (χ2n) is 5.48. The maximum atomic E-state index is 11.0. The quantitative estimate of drug-likeness (QED) is 0.424. The zero-order valence-corrected chi connectivity index (χ0v) is 14.3. The SMILES string of the molecule is NS(=O)(=O)NCCCCC(NC(=O)O)c1c[nH]c(-c2ccccc2)n1. The number of H-pyrrole nitrogens is 1. The van der Waals surface area contributed by atoms with E-state index in [9.17, 15) is 13.2 Å². The maximum absolute atomic E-state index is 11.0. The van der Waals surface area contributed by atoms with E-state index in [0.29, 0.717) is 30.8 Å². The highest BCUT2D eigenvalue weighted by Gasteiger charge is 2.17. The molecule has 10 heteroatoms. The second kappa shape index (κ2) is 8.60. The van der Waals surface area contributed by atoms with Gasteiger partial charge in [0.15, 0.2) is 0 Å². The molecule has 0 spiro atoms. The Labute approximate surface area is 145 Å². The van der Waals surface area contributed by atoms with E-state index < -0.39 is 22.3 Å². The summed E-state index contributed by atoms with van der Waals surface area (Å²) in [5, 5.41) is 16.3. The van der Waals surface area contributed by atoms with Gasteiger partial charge in [-0.15, -0.1) is 0 Å². The van der Waals surface area contributed by atoms with Crippen molar-refractivity contribution >= 4 is 16.3 Å². The Hall–Kier alpha value is -2.43. The topological polar surface area (TPSA) is 150 Å². The lowest BCUT2D eigenvalue weighted by Crippen LogP contribution is -2.31. The van der Waals surface area contributed by atoms with Crippen LogP contribution in [0.15, 0.2) is 36.5 Å². The van der Waals surface area contributed by atoms with Crippen molar-refractivity contribution in [1.29, 1.82) is 0 Å². The molecular weight excluding hydrogens is 346 g/mol. The Kier molecular flexibility index (Phi) is 6.51. The number of nitrogens with zero attached hydrogens (tertiary/aromatic N) is 1. The number of nitrogens with one attached hydrogen (secondary N) is 3. The van der Waals surface area contributed by atoms with Crippen molar-refractivity contribution in [3.63, 3.8) is 0 Å². The van der Waals surface area contributed by atoms with Gasteiger partial charge in [0.2, 0.25) is 0 Å². The first-order chi connectivity index (χ1) is 11.8. The average molecular weight is 367 g/mol. The van der Waals surface area contributed by atoms with Crippen molar-refractivity contribution in [2.24, 2.45) is 5.14 Å². The summed E-state index contributed by atoms with van der Waals surface area (Å²) >= 11 is 0. The molecule has 1 atom stereocenters. The van der Waals surface area contributed by atoms with Crippen LogP contribution in [0.3, 0.4) is 0 Å². The number of imidazole rings is 1. The molecule has 1 unspecified atom stereocenters. The molecule has 0 aliphatic heterocycles. The van der Waals surface area contributed by atoms with Crippen molar-refractivity contribution < 1.29 is 18.3 Å². The molecule has 2 rings (SSSR count). The van der Waals surface area contributed by atoms with Crippen LogP contribution in [0.2, 0.25) is 0 Å². The van der Waals surface area contributed by atoms with E-state index in [4.69, 9.17) is 10.2 Å². The summed E-state index contributed by atoms with van der Waals surface area (Å²) in [6.45, 7) is 0.203. The monoisotopic (exact) mass is 367 g/mol. The maximum Gasteiger partial charge on any atom is 0.405 e. The van der Waals surface area contributed by atoms with E-state index in [1.54, 1.807) is 6.20 Å². The minimum atomic E-state index is -3.70. The number of carboxylic acid groups (broad SMARTS) is 1. The Morgan fingerprint density at radius 3 is 2.64 bits per heavy atom. The zero-order valence-electron chi connectivity index (χ0n) is 13.5. The molecule has 1 aromatic heterocycles.